The molecule has 1 heterocycles. The van der Waals surface area contributed by atoms with E-state index in [1.54, 1.807) is 0 Å². The summed E-state index contributed by atoms with van der Waals surface area (Å²) >= 11 is 0. The molecule has 1 fully saturated rings. The maximum absolute atomic E-state index is 12.6. The minimum absolute atomic E-state index is 0.107. The molecule has 22 heavy (non-hydrogen) atoms. The van der Waals surface area contributed by atoms with Crippen LogP contribution >= 0.6 is 0 Å². The second-order valence-corrected chi connectivity index (χ2v) is 7.26. The number of halogens is 3. The second kappa shape index (κ2) is 6.55. The van der Waals surface area contributed by atoms with E-state index in [4.69, 9.17) is 5.73 Å². The van der Waals surface area contributed by atoms with Crippen LogP contribution < -0.4 is 5.73 Å². The van der Waals surface area contributed by atoms with Crippen LogP contribution in [0.2, 0.25) is 0 Å². The van der Waals surface area contributed by atoms with Gasteiger partial charge in [-0.05, 0) is 50.1 Å². The van der Waals surface area contributed by atoms with Crippen LogP contribution in [0.3, 0.4) is 0 Å². The Labute approximate surface area is 128 Å². The molecule has 1 aliphatic rings. The topological polar surface area (TPSA) is 63.4 Å². The van der Waals surface area contributed by atoms with E-state index in [9.17, 15) is 21.6 Å². The average molecular weight is 336 g/mol. The quantitative estimate of drug-likeness (QED) is 0.919. The number of piperidine rings is 1. The van der Waals surface area contributed by atoms with E-state index in [2.05, 4.69) is 0 Å². The Morgan fingerprint density at radius 2 is 1.82 bits per heavy atom. The maximum atomic E-state index is 12.6. The van der Waals surface area contributed by atoms with Crippen molar-refractivity contribution >= 4 is 10.0 Å². The molecule has 2 N–H and O–H groups in total. The fourth-order valence-electron chi connectivity index (χ4n) is 2.72. The molecule has 0 aliphatic carbocycles. The van der Waals surface area contributed by atoms with Gasteiger partial charge in [0.25, 0.3) is 0 Å². The Balaban J connectivity index is 2.29. The van der Waals surface area contributed by atoms with Gasteiger partial charge in [0.1, 0.15) is 0 Å². The van der Waals surface area contributed by atoms with E-state index >= 15 is 0 Å². The molecule has 1 saturated heterocycles. The van der Waals surface area contributed by atoms with Gasteiger partial charge in [-0.3, -0.25) is 0 Å². The number of nitrogens with two attached hydrogens (primary N) is 1. The van der Waals surface area contributed by atoms with Gasteiger partial charge in [-0.1, -0.05) is 6.42 Å². The number of alkyl halides is 3. The molecular weight excluding hydrogens is 317 g/mol. The molecule has 0 spiro atoms. The minimum Gasteiger partial charge on any atom is -0.330 e. The van der Waals surface area contributed by atoms with Crippen molar-refractivity contribution in [1.29, 1.82) is 0 Å². The van der Waals surface area contributed by atoms with Crippen LogP contribution in [0, 0.1) is 0 Å². The molecule has 2 rings (SSSR count). The number of nitrogens with zero attached hydrogens (tertiary/aromatic N) is 1. The van der Waals surface area contributed by atoms with Gasteiger partial charge in [0, 0.05) is 12.6 Å². The van der Waals surface area contributed by atoms with E-state index in [-0.39, 0.29) is 10.9 Å². The molecule has 0 radical (unpaired) electrons. The highest BCUT2D eigenvalue weighted by Crippen LogP contribution is 2.31. The van der Waals surface area contributed by atoms with Crippen LogP contribution in [0.1, 0.15) is 31.2 Å². The first-order valence-corrected chi connectivity index (χ1v) is 8.60. The average Bonchev–Trinajstić information content (AvgIpc) is 2.47. The van der Waals surface area contributed by atoms with Crippen LogP contribution in [-0.2, 0) is 16.2 Å². The van der Waals surface area contributed by atoms with Gasteiger partial charge in [-0.2, -0.15) is 17.5 Å². The summed E-state index contributed by atoms with van der Waals surface area (Å²) in [4.78, 5) is -0.107. The van der Waals surface area contributed by atoms with Crippen LogP contribution in [0.4, 0.5) is 13.2 Å². The summed E-state index contributed by atoms with van der Waals surface area (Å²) in [5, 5.41) is 0. The van der Waals surface area contributed by atoms with Gasteiger partial charge in [0.2, 0.25) is 10.0 Å². The lowest BCUT2D eigenvalue weighted by molar-refractivity contribution is -0.137. The highest BCUT2D eigenvalue weighted by molar-refractivity contribution is 7.89. The SMILES string of the molecule is NCCC1CCCCN1S(=O)(=O)c1ccc(C(F)(F)F)cc1. The molecule has 124 valence electrons. The van der Waals surface area contributed by atoms with Gasteiger partial charge in [-0.25, -0.2) is 8.42 Å². The zero-order valence-corrected chi connectivity index (χ0v) is 12.8. The van der Waals surface area contributed by atoms with Crippen molar-refractivity contribution in [2.24, 2.45) is 5.73 Å². The summed E-state index contributed by atoms with van der Waals surface area (Å²) < 4.78 is 64.3. The van der Waals surface area contributed by atoms with Crippen molar-refractivity contribution in [2.75, 3.05) is 13.1 Å². The van der Waals surface area contributed by atoms with E-state index in [0.717, 1.165) is 43.5 Å². The Hall–Kier alpha value is -1.12. The standard InChI is InChI=1S/C14H19F3N2O2S/c15-14(16,17)11-4-6-13(7-5-11)22(20,21)19-10-2-1-3-12(19)8-9-18/h4-7,12H,1-3,8-10,18H2. The first-order chi connectivity index (χ1) is 10.3. The zero-order valence-electron chi connectivity index (χ0n) is 12.0. The number of sulfonamides is 1. The molecule has 0 bridgehead atoms. The normalized spacial score (nSPS) is 21.0. The smallest absolute Gasteiger partial charge is 0.330 e. The molecule has 0 saturated carbocycles. The van der Waals surface area contributed by atoms with E-state index in [0.29, 0.717) is 19.5 Å². The lowest BCUT2D eigenvalue weighted by Crippen LogP contribution is -2.44. The molecule has 1 aromatic carbocycles. The Bertz CT molecular complexity index is 598. The molecule has 0 aromatic heterocycles. The van der Waals surface area contributed by atoms with Gasteiger partial charge in [0.15, 0.2) is 0 Å². The van der Waals surface area contributed by atoms with E-state index in [1.165, 1.54) is 4.31 Å². The van der Waals surface area contributed by atoms with Gasteiger partial charge in [0.05, 0.1) is 10.5 Å². The summed E-state index contributed by atoms with van der Waals surface area (Å²) in [6, 6.07) is 3.47. The number of benzene rings is 1. The highest BCUT2D eigenvalue weighted by atomic mass is 32.2. The predicted molar refractivity (Wildman–Crippen MR) is 76.6 cm³/mol. The maximum Gasteiger partial charge on any atom is 0.416 e. The Kier molecular flexibility index (Phi) is 5.14. The van der Waals surface area contributed by atoms with Crippen LogP contribution in [0.15, 0.2) is 29.2 Å². The third-order valence-corrected chi connectivity index (χ3v) is 5.83. The lowest BCUT2D eigenvalue weighted by Gasteiger charge is -2.34. The molecule has 1 unspecified atom stereocenters. The Morgan fingerprint density at radius 1 is 1.18 bits per heavy atom. The molecule has 1 aliphatic heterocycles. The monoisotopic (exact) mass is 336 g/mol. The predicted octanol–water partition coefficient (Wildman–Crippen LogP) is 2.60. The molecule has 8 heteroatoms. The lowest BCUT2D eigenvalue weighted by atomic mass is 10.0. The van der Waals surface area contributed by atoms with Gasteiger partial charge < -0.3 is 5.73 Å². The minimum atomic E-state index is -4.48. The third-order valence-electron chi connectivity index (χ3n) is 3.86. The summed E-state index contributed by atoms with van der Waals surface area (Å²) in [7, 11) is -3.79. The van der Waals surface area contributed by atoms with Crippen molar-refractivity contribution in [3.8, 4) is 0 Å². The number of rotatable bonds is 4. The summed E-state index contributed by atoms with van der Waals surface area (Å²) in [6.45, 7) is 0.762. The third kappa shape index (κ3) is 3.61. The van der Waals surface area contributed by atoms with E-state index in [1.807, 2.05) is 0 Å². The zero-order chi connectivity index (χ0) is 16.4. The fourth-order valence-corrected chi connectivity index (χ4v) is 4.45. The van der Waals surface area contributed by atoms with Crippen LogP contribution in [-0.4, -0.2) is 31.9 Å². The summed E-state index contributed by atoms with van der Waals surface area (Å²) in [6.07, 6.45) is -1.50. The largest absolute Gasteiger partial charge is 0.416 e. The first kappa shape index (κ1) is 17.2. The molecule has 4 nitrogen and oxygen atoms in total. The van der Waals surface area contributed by atoms with Gasteiger partial charge in [-0.15, -0.1) is 0 Å². The van der Waals surface area contributed by atoms with Gasteiger partial charge >= 0.3 is 6.18 Å². The fraction of sp³-hybridized carbons (Fsp3) is 0.571. The van der Waals surface area contributed by atoms with Crippen molar-refractivity contribution in [3.63, 3.8) is 0 Å². The second-order valence-electron chi connectivity index (χ2n) is 5.36. The van der Waals surface area contributed by atoms with Crippen LogP contribution in [0.25, 0.3) is 0 Å². The molecule has 1 atom stereocenters. The number of hydrogen-bond acceptors (Lipinski definition) is 3. The number of hydrogen-bond donors (Lipinski definition) is 1. The molecular formula is C14H19F3N2O2S. The molecule has 1 aromatic rings. The summed E-state index contributed by atoms with van der Waals surface area (Å²) in [5.74, 6) is 0. The van der Waals surface area contributed by atoms with Crippen molar-refractivity contribution < 1.29 is 21.6 Å². The van der Waals surface area contributed by atoms with Crippen molar-refractivity contribution in [1.82, 2.24) is 4.31 Å². The molecule has 0 amide bonds. The van der Waals surface area contributed by atoms with Crippen LogP contribution in [0.5, 0.6) is 0 Å². The summed E-state index contributed by atoms with van der Waals surface area (Å²) in [5.41, 5.74) is 4.67. The Morgan fingerprint density at radius 3 is 2.36 bits per heavy atom. The highest BCUT2D eigenvalue weighted by Gasteiger charge is 2.34. The first-order valence-electron chi connectivity index (χ1n) is 7.16. The van der Waals surface area contributed by atoms with Crippen molar-refractivity contribution in [2.45, 2.75) is 42.8 Å². The van der Waals surface area contributed by atoms with Crippen molar-refractivity contribution in [3.05, 3.63) is 29.8 Å². The van der Waals surface area contributed by atoms with E-state index < -0.39 is 21.8 Å².